The van der Waals surface area contributed by atoms with Crippen molar-refractivity contribution >= 4 is 6.16 Å². The maximum atomic E-state index is 10.3. The molecule has 0 aliphatic heterocycles. The highest BCUT2D eigenvalue weighted by molar-refractivity contribution is 5.62. The van der Waals surface area contributed by atoms with Gasteiger partial charge in [0.05, 0.1) is 0 Å². The van der Waals surface area contributed by atoms with Crippen molar-refractivity contribution in [1.29, 1.82) is 0 Å². The molecule has 1 aromatic carbocycles. The Morgan fingerprint density at radius 3 is 2.29 bits per heavy atom. The topological polar surface area (TPSA) is 46.2 Å². The van der Waals surface area contributed by atoms with Crippen LogP contribution in [-0.2, 0) is 10.5 Å². The van der Waals surface area contributed by atoms with Crippen LogP contribution in [0.4, 0.5) is 4.79 Å². The zero-order valence-electron chi connectivity index (χ0n) is 8.53. The minimum Gasteiger partial charge on any atom is -0.392 e. The van der Waals surface area contributed by atoms with E-state index in [0.717, 1.165) is 5.56 Å². The summed E-state index contributed by atoms with van der Waals surface area (Å²) in [7, 11) is 0. The van der Waals surface area contributed by atoms with Crippen LogP contribution in [-0.4, -0.2) is 6.16 Å². The SMILES string of the molecule is CC(C)(C)c1ccccc1OC([O])=O. The quantitative estimate of drug-likeness (QED) is 0.508. The van der Waals surface area contributed by atoms with Gasteiger partial charge in [0, 0.05) is 5.56 Å². The number of carbonyl (C=O) groups excluding carboxylic acids is 1. The van der Waals surface area contributed by atoms with Crippen molar-refractivity contribution in [3.05, 3.63) is 29.8 Å². The van der Waals surface area contributed by atoms with Gasteiger partial charge in [-0.25, -0.2) is 0 Å². The van der Waals surface area contributed by atoms with Gasteiger partial charge in [-0.1, -0.05) is 39.0 Å². The number of hydrogen-bond donors (Lipinski definition) is 0. The average Bonchev–Trinajstić information content (AvgIpc) is 2.01. The smallest absolute Gasteiger partial charge is 0.392 e. The van der Waals surface area contributed by atoms with Crippen LogP contribution >= 0.6 is 0 Å². The molecule has 0 N–H and O–H groups in total. The summed E-state index contributed by atoms with van der Waals surface area (Å²) < 4.78 is 4.58. The van der Waals surface area contributed by atoms with Crippen LogP contribution < -0.4 is 4.74 Å². The zero-order valence-corrected chi connectivity index (χ0v) is 8.53. The van der Waals surface area contributed by atoms with Crippen LogP contribution in [0.15, 0.2) is 24.3 Å². The predicted octanol–water partition coefficient (Wildman–Crippen LogP) is 2.91. The van der Waals surface area contributed by atoms with E-state index < -0.39 is 6.16 Å². The molecule has 0 fully saturated rings. The molecule has 0 unspecified atom stereocenters. The molecule has 0 bridgehead atoms. The fourth-order valence-electron chi connectivity index (χ4n) is 1.27. The summed E-state index contributed by atoms with van der Waals surface area (Å²) in [4.78, 5) is 10.3. The van der Waals surface area contributed by atoms with Gasteiger partial charge in [-0.15, -0.1) is 0 Å². The molecule has 14 heavy (non-hydrogen) atoms. The third-order valence-corrected chi connectivity index (χ3v) is 1.89. The molecule has 0 aliphatic rings. The second kappa shape index (κ2) is 3.70. The molecule has 0 saturated heterocycles. The number of carbonyl (C=O) groups is 1. The molecular formula is C11H13O3. The fourth-order valence-corrected chi connectivity index (χ4v) is 1.27. The van der Waals surface area contributed by atoms with Crippen molar-refractivity contribution in [3.8, 4) is 5.75 Å². The average molecular weight is 193 g/mol. The summed E-state index contributed by atoms with van der Waals surface area (Å²) in [6, 6.07) is 7.05. The Hall–Kier alpha value is -1.51. The molecule has 0 aromatic heterocycles. The molecule has 1 radical (unpaired) electrons. The Balaban J connectivity index is 3.10. The van der Waals surface area contributed by atoms with E-state index in [1.165, 1.54) is 0 Å². The Labute approximate surface area is 83.3 Å². The monoisotopic (exact) mass is 193 g/mol. The van der Waals surface area contributed by atoms with Gasteiger partial charge in [0.1, 0.15) is 5.75 Å². The standard InChI is InChI=1S/C11H13O3/c1-11(2,3)8-6-4-5-7-9(8)14-10(12)13/h4-7H,1-3H3. The lowest BCUT2D eigenvalue weighted by Gasteiger charge is -2.21. The molecule has 0 heterocycles. The van der Waals surface area contributed by atoms with E-state index in [2.05, 4.69) is 4.74 Å². The summed E-state index contributed by atoms with van der Waals surface area (Å²) >= 11 is 0. The van der Waals surface area contributed by atoms with Crippen LogP contribution in [0.2, 0.25) is 0 Å². The molecular weight excluding hydrogens is 180 g/mol. The molecule has 3 heteroatoms. The van der Waals surface area contributed by atoms with E-state index in [0.29, 0.717) is 5.75 Å². The molecule has 0 spiro atoms. The lowest BCUT2D eigenvalue weighted by Crippen LogP contribution is -2.14. The van der Waals surface area contributed by atoms with E-state index in [9.17, 15) is 9.90 Å². The number of para-hydroxylation sites is 1. The fraction of sp³-hybridized carbons (Fsp3) is 0.364. The van der Waals surface area contributed by atoms with Crippen molar-refractivity contribution in [2.24, 2.45) is 0 Å². The first-order valence-electron chi connectivity index (χ1n) is 4.39. The van der Waals surface area contributed by atoms with Gasteiger partial charge in [0.2, 0.25) is 0 Å². The first kappa shape index (κ1) is 10.6. The van der Waals surface area contributed by atoms with Crippen LogP contribution in [0, 0.1) is 0 Å². The van der Waals surface area contributed by atoms with Gasteiger partial charge in [0.25, 0.3) is 0 Å². The predicted molar refractivity (Wildman–Crippen MR) is 51.9 cm³/mol. The molecule has 1 aromatic rings. The van der Waals surface area contributed by atoms with Crippen molar-refractivity contribution < 1.29 is 14.6 Å². The number of benzene rings is 1. The Morgan fingerprint density at radius 1 is 1.21 bits per heavy atom. The van der Waals surface area contributed by atoms with E-state index in [1.807, 2.05) is 32.9 Å². The highest BCUT2D eigenvalue weighted by Gasteiger charge is 2.19. The van der Waals surface area contributed by atoms with Crippen molar-refractivity contribution in [2.45, 2.75) is 26.2 Å². The molecule has 0 saturated carbocycles. The first-order valence-corrected chi connectivity index (χ1v) is 4.39. The Bertz CT molecular complexity index is 337. The lowest BCUT2D eigenvalue weighted by atomic mass is 9.86. The summed E-state index contributed by atoms with van der Waals surface area (Å²) in [6.45, 7) is 5.97. The minimum absolute atomic E-state index is 0.147. The van der Waals surface area contributed by atoms with E-state index in [-0.39, 0.29) is 5.41 Å². The van der Waals surface area contributed by atoms with E-state index in [4.69, 9.17) is 0 Å². The lowest BCUT2D eigenvalue weighted by molar-refractivity contribution is 0.116. The zero-order chi connectivity index (χ0) is 10.8. The number of rotatable bonds is 1. The van der Waals surface area contributed by atoms with Gasteiger partial charge in [-0.2, -0.15) is 9.90 Å². The molecule has 0 amide bonds. The van der Waals surface area contributed by atoms with Gasteiger partial charge < -0.3 is 4.74 Å². The maximum absolute atomic E-state index is 10.3. The van der Waals surface area contributed by atoms with Crippen LogP contribution in [0.25, 0.3) is 0 Å². The number of ether oxygens (including phenoxy) is 1. The normalized spacial score (nSPS) is 11.1. The van der Waals surface area contributed by atoms with Crippen LogP contribution in [0.3, 0.4) is 0 Å². The molecule has 0 aliphatic carbocycles. The largest absolute Gasteiger partial charge is 0.555 e. The summed E-state index contributed by atoms with van der Waals surface area (Å²) in [5.74, 6) is 0.347. The summed E-state index contributed by atoms with van der Waals surface area (Å²) in [6.07, 6.45) is -1.53. The Morgan fingerprint density at radius 2 is 1.79 bits per heavy atom. The number of hydrogen-bond acceptors (Lipinski definition) is 2. The van der Waals surface area contributed by atoms with Crippen LogP contribution in [0.1, 0.15) is 26.3 Å². The molecule has 1 rings (SSSR count). The van der Waals surface area contributed by atoms with Crippen LogP contribution in [0.5, 0.6) is 5.75 Å². The first-order chi connectivity index (χ1) is 6.41. The van der Waals surface area contributed by atoms with E-state index in [1.54, 1.807) is 12.1 Å². The molecule has 3 nitrogen and oxygen atoms in total. The summed E-state index contributed by atoms with van der Waals surface area (Å²) in [5, 5.41) is 10.3. The highest BCUT2D eigenvalue weighted by atomic mass is 16.7. The summed E-state index contributed by atoms with van der Waals surface area (Å²) in [5.41, 5.74) is 0.704. The van der Waals surface area contributed by atoms with E-state index >= 15 is 0 Å². The van der Waals surface area contributed by atoms with Gasteiger partial charge in [0.15, 0.2) is 0 Å². The van der Waals surface area contributed by atoms with Gasteiger partial charge in [-0.05, 0) is 11.5 Å². The third-order valence-electron chi connectivity index (χ3n) is 1.89. The molecule has 0 atom stereocenters. The van der Waals surface area contributed by atoms with Gasteiger partial charge >= 0.3 is 6.16 Å². The highest BCUT2D eigenvalue weighted by Crippen LogP contribution is 2.30. The Kier molecular flexibility index (Phi) is 2.79. The van der Waals surface area contributed by atoms with Gasteiger partial charge in [-0.3, -0.25) is 0 Å². The second-order valence-electron chi connectivity index (χ2n) is 4.10. The minimum atomic E-state index is -1.53. The third kappa shape index (κ3) is 2.49. The molecule has 75 valence electrons. The van der Waals surface area contributed by atoms with Crippen molar-refractivity contribution in [2.75, 3.05) is 0 Å². The van der Waals surface area contributed by atoms with Crippen molar-refractivity contribution in [3.63, 3.8) is 0 Å². The second-order valence-corrected chi connectivity index (χ2v) is 4.10. The van der Waals surface area contributed by atoms with Crippen molar-refractivity contribution in [1.82, 2.24) is 0 Å². The maximum Gasteiger partial charge on any atom is 0.555 e.